The van der Waals surface area contributed by atoms with Gasteiger partial charge in [0.1, 0.15) is 0 Å². The molecule has 4 nitrogen and oxygen atoms in total. The molecular formula is C13H14F3NO3S. The van der Waals surface area contributed by atoms with Crippen LogP contribution in [-0.2, 0) is 4.79 Å². The Morgan fingerprint density at radius 2 is 2.05 bits per heavy atom. The summed E-state index contributed by atoms with van der Waals surface area (Å²) in [7, 11) is 0. The van der Waals surface area contributed by atoms with E-state index in [2.05, 4.69) is 5.32 Å². The molecule has 1 rings (SSSR count). The number of unbranched alkanes of at least 4 members (excludes halogenated alkanes) is 1. The van der Waals surface area contributed by atoms with Crippen LogP contribution in [0.15, 0.2) is 17.5 Å². The first kappa shape index (κ1) is 17.2. The third-order valence-corrected chi connectivity index (χ3v) is 3.41. The van der Waals surface area contributed by atoms with E-state index in [-0.39, 0.29) is 19.4 Å². The molecular weight excluding hydrogens is 307 g/mol. The molecule has 21 heavy (non-hydrogen) atoms. The van der Waals surface area contributed by atoms with E-state index in [1.54, 1.807) is 11.4 Å². The van der Waals surface area contributed by atoms with Crippen molar-refractivity contribution in [2.24, 2.45) is 0 Å². The maximum absolute atomic E-state index is 11.9. The van der Waals surface area contributed by atoms with Crippen molar-refractivity contribution >= 4 is 29.3 Å². The Bertz CT molecular complexity index is 523. The fraction of sp³-hybridized carbons (Fsp3) is 0.385. The second-order valence-electron chi connectivity index (χ2n) is 4.20. The molecule has 0 atom stereocenters. The Morgan fingerprint density at radius 3 is 2.67 bits per heavy atom. The summed E-state index contributed by atoms with van der Waals surface area (Å²) < 4.78 is 35.8. The lowest BCUT2D eigenvalue weighted by Crippen LogP contribution is -2.24. The molecule has 0 aliphatic heterocycles. The quantitative estimate of drug-likeness (QED) is 0.598. The van der Waals surface area contributed by atoms with Crippen molar-refractivity contribution in [1.29, 1.82) is 0 Å². The first-order chi connectivity index (χ1) is 9.79. The Hall–Kier alpha value is -1.83. The number of thiophene rings is 1. The summed E-state index contributed by atoms with van der Waals surface area (Å²) in [5, 5.41) is 12.7. The van der Waals surface area contributed by atoms with Gasteiger partial charge in [-0.3, -0.25) is 4.79 Å². The van der Waals surface area contributed by atoms with E-state index in [0.717, 1.165) is 17.4 Å². The lowest BCUT2D eigenvalue weighted by molar-refractivity contribution is -0.135. The minimum absolute atomic E-state index is 0.0417. The Morgan fingerprint density at radius 1 is 1.33 bits per heavy atom. The molecule has 0 saturated heterocycles. The lowest BCUT2D eigenvalue weighted by Gasteiger charge is -2.07. The van der Waals surface area contributed by atoms with E-state index in [1.165, 1.54) is 6.08 Å². The van der Waals surface area contributed by atoms with Gasteiger partial charge in [0.2, 0.25) is 0 Å². The second kappa shape index (κ2) is 7.82. The monoisotopic (exact) mass is 321 g/mol. The highest BCUT2D eigenvalue weighted by molar-refractivity contribution is 7.12. The fourth-order valence-corrected chi connectivity index (χ4v) is 2.33. The molecule has 0 aliphatic carbocycles. The van der Waals surface area contributed by atoms with Gasteiger partial charge in [-0.2, -0.15) is 13.2 Å². The third-order valence-electron chi connectivity index (χ3n) is 2.48. The molecule has 0 saturated carbocycles. The van der Waals surface area contributed by atoms with Crippen LogP contribution < -0.4 is 5.32 Å². The fourth-order valence-electron chi connectivity index (χ4n) is 1.53. The zero-order valence-electron chi connectivity index (χ0n) is 10.9. The Balaban J connectivity index is 2.43. The van der Waals surface area contributed by atoms with Crippen molar-refractivity contribution in [3.05, 3.63) is 28.0 Å². The summed E-state index contributed by atoms with van der Waals surface area (Å²) in [6.07, 6.45) is -2.63. The number of alkyl halides is 3. The number of carbonyl (C=O) groups excluding carboxylic acids is 1. The van der Waals surface area contributed by atoms with Crippen molar-refractivity contribution in [3.63, 3.8) is 0 Å². The smallest absolute Gasteiger partial charge is 0.389 e. The number of carboxylic acids is 1. The molecule has 8 heteroatoms. The van der Waals surface area contributed by atoms with Crippen LogP contribution in [-0.4, -0.2) is 29.7 Å². The molecule has 1 amide bonds. The van der Waals surface area contributed by atoms with E-state index < -0.39 is 24.5 Å². The molecule has 116 valence electrons. The summed E-state index contributed by atoms with van der Waals surface area (Å²) in [5.74, 6) is -1.54. The molecule has 0 radical (unpaired) electrons. The molecule has 0 unspecified atom stereocenters. The molecule has 1 aromatic heterocycles. The van der Waals surface area contributed by atoms with Gasteiger partial charge in [0.15, 0.2) is 0 Å². The molecule has 2 N–H and O–H groups in total. The number of hydrogen-bond donors (Lipinski definition) is 2. The Labute approximate surface area is 123 Å². The minimum Gasteiger partial charge on any atom is -0.478 e. The van der Waals surface area contributed by atoms with E-state index in [9.17, 15) is 22.8 Å². The van der Waals surface area contributed by atoms with Crippen LogP contribution in [0.25, 0.3) is 6.08 Å². The number of carbonyl (C=O) groups is 2. The third kappa shape index (κ3) is 6.94. The highest BCUT2D eigenvalue weighted by Crippen LogP contribution is 2.22. The standard InChI is InChI=1S/C13H14F3NO3S/c14-13(15,16)6-1-2-7-17-12(20)11-9(5-8-21-11)3-4-10(18)19/h3-5,8H,1-2,6-7H2,(H,17,20)(H,18,19)/b4-3+. The van der Waals surface area contributed by atoms with Crippen LogP contribution in [0.2, 0.25) is 0 Å². The summed E-state index contributed by atoms with van der Waals surface area (Å²) in [6.45, 7) is 0.148. The van der Waals surface area contributed by atoms with Crippen LogP contribution in [0.5, 0.6) is 0 Å². The minimum atomic E-state index is -4.17. The predicted molar refractivity (Wildman–Crippen MR) is 73.2 cm³/mol. The molecule has 0 aliphatic rings. The van der Waals surface area contributed by atoms with Gasteiger partial charge in [0.05, 0.1) is 4.88 Å². The van der Waals surface area contributed by atoms with Crippen molar-refractivity contribution in [2.75, 3.05) is 6.54 Å². The number of carboxylic acid groups (broad SMARTS) is 1. The Kier molecular flexibility index (Phi) is 6.41. The number of hydrogen-bond acceptors (Lipinski definition) is 3. The van der Waals surface area contributed by atoms with Crippen LogP contribution in [0.3, 0.4) is 0 Å². The number of rotatable bonds is 7. The van der Waals surface area contributed by atoms with Crippen molar-refractivity contribution < 1.29 is 27.9 Å². The number of halogens is 3. The van der Waals surface area contributed by atoms with Crippen LogP contribution in [0.4, 0.5) is 13.2 Å². The average Bonchev–Trinajstić information content (AvgIpc) is 2.82. The van der Waals surface area contributed by atoms with Gasteiger partial charge in [-0.15, -0.1) is 11.3 Å². The molecule has 0 fully saturated rings. The highest BCUT2D eigenvalue weighted by Gasteiger charge is 2.25. The first-order valence-corrected chi connectivity index (χ1v) is 7.01. The average molecular weight is 321 g/mol. The maximum atomic E-state index is 11.9. The molecule has 1 aromatic rings. The number of nitrogens with one attached hydrogen (secondary N) is 1. The van der Waals surface area contributed by atoms with Crippen LogP contribution >= 0.6 is 11.3 Å². The molecule has 0 spiro atoms. The maximum Gasteiger partial charge on any atom is 0.389 e. The highest BCUT2D eigenvalue weighted by atomic mass is 32.1. The van der Waals surface area contributed by atoms with E-state index in [4.69, 9.17) is 5.11 Å². The summed E-state index contributed by atoms with van der Waals surface area (Å²) in [5.41, 5.74) is 0.468. The molecule has 0 bridgehead atoms. The SMILES string of the molecule is O=C(O)/C=C/c1ccsc1C(=O)NCCCCC(F)(F)F. The predicted octanol–water partition coefficient (Wildman–Crippen LogP) is 3.31. The topological polar surface area (TPSA) is 66.4 Å². The van der Waals surface area contributed by atoms with E-state index >= 15 is 0 Å². The zero-order valence-corrected chi connectivity index (χ0v) is 11.8. The van der Waals surface area contributed by atoms with Crippen LogP contribution in [0.1, 0.15) is 34.5 Å². The van der Waals surface area contributed by atoms with Gasteiger partial charge < -0.3 is 10.4 Å². The number of aliphatic carboxylic acids is 1. The summed E-state index contributed by atoms with van der Waals surface area (Å²) >= 11 is 1.14. The van der Waals surface area contributed by atoms with E-state index in [0.29, 0.717) is 10.4 Å². The lowest BCUT2D eigenvalue weighted by atomic mass is 10.2. The van der Waals surface area contributed by atoms with Crippen molar-refractivity contribution in [2.45, 2.75) is 25.4 Å². The van der Waals surface area contributed by atoms with Gasteiger partial charge in [-0.25, -0.2) is 4.79 Å². The van der Waals surface area contributed by atoms with Gasteiger partial charge >= 0.3 is 12.1 Å². The van der Waals surface area contributed by atoms with Gasteiger partial charge in [-0.1, -0.05) is 0 Å². The summed E-state index contributed by atoms with van der Waals surface area (Å²) in [6, 6.07) is 1.60. The zero-order chi connectivity index (χ0) is 15.9. The van der Waals surface area contributed by atoms with Gasteiger partial charge in [0, 0.05) is 19.0 Å². The van der Waals surface area contributed by atoms with E-state index in [1.807, 2.05) is 0 Å². The normalized spacial score (nSPS) is 11.8. The molecule has 0 aromatic carbocycles. The van der Waals surface area contributed by atoms with Gasteiger partial charge in [0.25, 0.3) is 5.91 Å². The van der Waals surface area contributed by atoms with Crippen molar-refractivity contribution in [1.82, 2.24) is 5.32 Å². The largest absolute Gasteiger partial charge is 0.478 e. The van der Waals surface area contributed by atoms with Gasteiger partial charge in [-0.05, 0) is 35.9 Å². The van der Waals surface area contributed by atoms with Crippen LogP contribution in [0, 0.1) is 0 Å². The molecule has 1 heterocycles. The van der Waals surface area contributed by atoms with Crippen molar-refractivity contribution in [3.8, 4) is 0 Å². The number of amides is 1. The second-order valence-corrected chi connectivity index (χ2v) is 5.12. The first-order valence-electron chi connectivity index (χ1n) is 6.13. The summed E-state index contributed by atoms with van der Waals surface area (Å²) in [4.78, 5) is 22.6.